The van der Waals surface area contributed by atoms with E-state index >= 15 is 4.39 Å². The van der Waals surface area contributed by atoms with Crippen LogP contribution in [0.5, 0.6) is 5.75 Å². The Balaban J connectivity index is 1.51. The summed E-state index contributed by atoms with van der Waals surface area (Å²) in [7, 11) is 0. The predicted molar refractivity (Wildman–Crippen MR) is 134 cm³/mol. The van der Waals surface area contributed by atoms with E-state index in [1.165, 1.54) is 18.3 Å². The Labute approximate surface area is 209 Å². The molecule has 2 aliphatic rings. The van der Waals surface area contributed by atoms with Crippen LogP contribution in [-0.2, 0) is 12.0 Å². The van der Waals surface area contributed by atoms with Gasteiger partial charge in [0.25, 0.3) is 0 Å². The lowest BCUT2D eigenvalue weighted by molar-refractivity contribution is -0.384. The van der Waals surface area contributed by atoms with Crippen LogP contribution in [0, 0.1) is 15.9 Å². The normalized spacial score (nSPS) is 15.6. The number of pyridine rings is 2. The summed E-state index contributed by atoms with van der Waals surface area (Å²) < 4.78 is 23.3. The molecule has 1 aromatic carbocycles. The number of hydrogen-bond donors (Lipinski definition) is 4. The van der Waals surface area contributed by atoms with Crippen LogP contribution in [-0.4, -0.2) is 38.7 Å². The molecule has 2 aromatic heterocycles. The predicted octanol–water partition coefficient (Wildman–Crippen LogP) is 3.01. The number of fused-ring (bicyclic) bond motifs is 1. The number of nitrogens with zero attached hydrogens (tertiary/aromatic N) is 3. The molecule has 0 atom stereocenters. The first-order valence-electron chi connectivity index (χ1n) is 11.8. The number of aryl methyl sites for hydroxylation is 1. The molecule has 194 valence electrons. The molecular weight excluding hydrogens is 487 g/mol. The quantitative estimate of drug-likeness (QED) is 0.158. The minimum absolute atomic E-state index is 0.00577. The van der Waals surface area contributed by atoms with Gasteiger partial charge in [-0.1, -0.05) is 0 Å². The fourth-order valence-corrected chi connectivity index (χ4v) is 5.20. The van der Waals surface area contributed by atoms with Crippen LogP contribution in [0.3, 0.4) is 0 Å². The molecule has 1 spiro atoms. The summed E-state index contributed by atoms with van der Waals surface area (Å²) in [6.07, 6.45) is 5.27. The third-order valence-electron chi connectivity index (χ3n) is 7.28. The fraction of sp³-hybridized carbons (Fsp3) is 0.375. The molecule has 6 N–H and O–H groups in total. The van der Waals surface area contributed by atoms with E-state index in [1.807, 2.05) is 0 Å². The first-order valence-corrected chi connectivity index (χ1v) is 11.8. The molecule has 3 aromatic rings. The standard InChI is InChI=1S/C24H25FN6O6/c25-16-17(26)15-19-21(18(16)28-9-1-3-12-4-5-14(31(35)36)22(27)29-12)37-10-8-24(6-2-7-24)30(19)11-13(20(15)32)23(33)34/h4-5,11,28H,1-3,6-10,26H2,(H2,27,29)(H,33,34). The largest absolute Gasteiger partial charge is 0.489 e. The number of benzene rings is 1. The highest BCUT2D eigenvalue weighted by Crippen LogP contribution is 2.50. The number of carboxylic acids is 1. The summed E-state index contributed by atoms with van der Waals surface area (Å²) in [6.45, 7) is 0.525. The van der Waals surface area contributed by atoms with Gasteiger partial charge in [-0.15, -0.1) is 0 Å². The van der Waals surface area contributed by atoms with E-state index in [9.17, 15) is 24.8 Å². The lowest BCUT2D eigenvalue weighted by Gasteiger charge is -2.44. The second-order valence-electron chi connectivity index (χ2n) is 9.37. The molecule has 12 nitrogen and oxygen atoms in total. The van der Waals surface area contributed by atoms with Crippen LogP contribution in [0.2, 0.25) is 0 Å². The van der Waals surface area contributed by atoms with Crippen LogP contribution in [0.1, 0.15) is 48.2 Å². The summed E-state index contributed by atoms with van der Waals surface area (Å²) in [5.74, 6) is -2.35. The lowest BCUT2D eigenvalue weighted by Crippen LogP contribution is -2.42. The molecule has 5 rings (SSSR count). The Morgan fingerprint density at radius 1 is 1.32 bits per heavy atom. The molecule has 0 bridgehead atoms. The Morgan fingerprint density at radius 2 is 2.08 bits per heavy atom. The number of nitrogen functional groups attached to an aromatic ring is 2. The van der Waals surface area contributed by atoms with Crippen LogP contribution in [0.25, 0.3) is 10.9 Å². The van der Waals surface area contributed by atoms with Gasteiger partial charge in [0.2, 0.25) is 11.2 Å². The van der Waals surface area contributed by atoms with Crippen molar-refractivity contribution < 1.29 is 24.0 Å². The highest BCUT2D eigenvalue weighted by molar-refractivity contribution is 6.03. The fourth-order valence-electron chi connectivity index (χ4n) is 5.20. The topological polar surface area (TPSA) is 189 Å². The molecule has 1 aliphatic carbocycles. The molecule has 0 unspecified atom stereocenters. The molecule has 0 radical (unpaired) electrons. The van der Waals surface area contributed by atoms with Crippen molar-refractivity contribution >= 4 is 39.8 Å². The second-order valence-corrected chi connectivity index (χ2v) is 9.37. The average Bonchev–Trinajstić information content (AvgIpc) is 2.99. The molecule has 37 heavy (non-hydrogen) atoms. The molecule has 1 aliphatic heterocycles. The van der Waals surface area contributed by atoms with Gasteiger partial charge < -0.3 is 31.2 Å². The van der Waals surface area contributed by atoms with Crippen molar-refractivity contribution in [2.75, 3.05) is 29.9 Å². The van der Waals surface area contributed by atoms with Crippen molar-refractivity contribution in [2.24, 2.45) is 0 Å². The van der Waals surface area contributed by atoms with E-state index in [-0.39, 0.29) is 41.5 Å². The Kier molecular flexibility index (Phi) is 5.85. The third kappa shape index (κ3) is 3.86. The number of nitrogens with two attached hydrogens (primary N) is 2. The maximum Gasteiger partial charge on any atom is 0.341 e. The number of nitro groups is 1. The molecule has 1 saturated carbocycles. The number of carboxylic acid groups (broad SMARTS) is 1. The summed E-state index contributed by atoms with van der Waals surface area (Å²) >= 11 is 0. The lowest BCUT2D eigenvalue weighted by atomic mass is 9.74. The zero-order valence-electron chi connectivity index (χ0n) is 19.8. The summed E-state index contributed by atoms with van der Waals surface area (Å²) in [6, 6.07) is 2.80. The van der Waals surface area contributed by atoms with Crippen LogP contribution in [0.4, 0.5) is 27.3 Å². The zero-order chi connectivity index (χ0) is 26.5. The number of ether oxygens (including phenoxy) is 1. The minimum Gasteiger partial charge on any atom is -0.489 e. The number of nitrogens with one attached hydrogen (secondary N) is 1. The second kappa shape index (κ2) is 8.91. The minimum atomic E-state index is -1.40. The van der Waals surface area contributed by atoms with Crippen molar-refractivity contribution in [1.82, 2.24) is 9.55 Å². The molecular formula is C24H25FN6O6. The zero-order valence-corrected chi connectivity index (χ0v) is 19.8. The molecule has 13 heteroatoms. The summed E-state index contributed by atoms with van der Waals surface area (Å²) in [5.41, 5.74) is 10.1. The number of anilines is 3. The van der Waals surface area contributed by atoms with Crippen molar-refractivity contribution in [3.05, 3.63) is 55.7 Å². The van der Waals surface area contributed by atoms with E-state index in [0.717, 1.165) is 19.3 Å². The van der Waals surface area contributed by atoms with E-state index in [1.54, 1.807) is 4.57 Å². The number of hydrogen-bond acceptors (Lipinski definition) is 9. The number of carbonyl (C=O) groups is 1. The highest BCUT2D eigenvalue weighted by atomic mass is 19.1. The van der Waals surface area contributed by atoms with E-state index in [4.69, 9.17) is 16.2 Å². The highest BCUT2D eigenvalue weighted by Gasteiger charge is 2.43. The summed E-state index contributed by atoms with van der Waals surface area (Å²) in [4.78, 5) is 39.2. The Morgan fingerprint density at radius 3 is 2.70 bits per heavy atom. The average molecular weight is 512 g/mol. The van der Waals surface area contributed by atoms with E-state index in [2.05, 4.69) is 10.3 Å². The van der Waals surface area contributed by atoms with Gasteiger partial charge >= 0.3 is 11.7 Å². The van der Waals surface area contributed by atoms with Crippen LogP contribution in [0.15, 0.2) is 23.1 Å². The van der Waals surface area contributed by atoms with Gasteiger partial charge in [-0.2, -0.15) is 0 Å². The van der Waals surface area contributed by atoms with Crippen molar-refractivity contribution in [2.45, 2.75) is 44.1 Å². The maximum atomic E-state index is 15.5. The van der Waals surface area contributed by atoms with Crippen LogP contribution < -0.4 is 26.9 Å². The van der Waals surface area contributed by atoms with Gasteiger partial charge in [-0.3, -0.25) is 14.9 Å². The van der Waals surface area contributed by atoms with Gasteiger partial charge in [0.1, 0.15) is 11.3 Å². The van der Waals surface area contributed by atoms with Crippen LogP contribution >= 0.6 is 0 Å². The summed E-state index contributed by atoms with van der Waals surface area (Å²) in [5, 5.41) is 23.4. The van der Waals surface area contributed by atoms with E-state index in [0.29, 0.717) is 30.5 Å². The van der Waals surface area contributed by atoms with Gasteiger partial charge in [0, 0.05) is 36.5 Å². The van der Waals surface area contributed by atoms with Gasteiger partial charge in [0.05, 0.1) is 28.1 Å². The van der Waals surface area contributed by atoms with Gasteiger partial charge in [-0.25, -0.2) is 14.2 Å². The first-order chi connectivity index (χ1) is 17.6. The maximum absolute atomic E-state index is 15.5. The van der Waals surface area contributed by atoms with Gasteiger partial charge in [0.15, 0.2) is 11.6 Å². The van der Waals surface area contributed by atoms with Crippen molar-refractivity contribution in [1.29, 1.82) is 0 Å². The Bertz CT molecular complexity index is 1520. The van der Waals surface area contributed by atoms with E-state index < -0.39 is 38.9 Å². The SMILES string of the molecule is Nc1nc(CCCNc2c(F)c(N)c3c(=O)c(C(=O)O)cn4c3c2OCCC42CCC2)ccc1[N+](=O)[O-]. The molecule has 3 heterocycles. The number of halogens is 1. The third-order valence-corrected chi connectivity index (χ3v) is 7.28. The number of aromatic carboxylic acids is 1. The molecule has 0 saturated heterocycles. The number of rotatable bonds is 7. The smallest absolute Gasteiger partial charge is 0.341 e. The van der Waals surface area contributed by atoms with Crippen molar-refractivity contribution in [3.63, 3.8) is 0 Å². The first kappa shape index (κ1) is 24.3. The van der Waals surface area contributed by atoms with Crippen molar-refractivity contribution in [3.8, 4) is 5.75 Å². The Hall–Kier alpha value is -4.42. The van der Waals surface area contributed by atoms with Gasteiger partial charge in [-0.05, 0) is 38.2 Å². The molecule has 0 amide bonds. The monoisotopic (exact) mass is 512 g/mol. The molecule has 1 fully saturated rings. The number of aromatic nitrogens is 2.